The highest BCUT2D eigenvalue weighted by atomic mass is 31.2. The number of phosphoric ester groups is 1. The first-order valence-electron chi connectivity index (χ1n) is 20.9. The fourth-order valence-corrected chi connectivity index (χ4v) is 7.56. The van der Waals surface area contributed by atoms with E-state index in [0.717, 1.165) is 38.5 Å². The maximum atomic E-state index is 12.7. The van der Waals surface area contributed by atoms with E-state index in [-0.39, 0.29) is 13.0 Å². The van der Waals surface area contributed by atoms with Crippen LogP contribution in [0.5, 0.6) is 0 Å². The largest absolute Gasteiger partial charge is 0.472 e. The number of unbranched alkanes of at least 4 members (excludes halogenated alkanes) is 23. The van der Waals surface area contributed by atoms with E-state index in [4.69, 9.17) is 18.5 Å². The van der Waals surface area contributed by atoms with Crippen LogP contribution in [0.25, 0.3) is 0 Å². The number of rotatable bonds is 35. The number of aliphatic hydroxyl groups is 5. The lowest BCUT2D eigenvalue weighted by Crippen LogP contribution is -2.64. The third kappa shape index (κ3) is 24.0. The van der Waals surface area contributed by atoms with Crippen molar-refractivity contribution in [3.63, 3.8) is 0 Å². The Bertz CT molecular complexity index is 879. The van der Waals surface area contributed by atoms with Gasteiger partial charge in [-0.25, -0.2) is 4.57 Å². The van der Waals surface area contributed by atoms with Crippen LogP contribution >= 0.6 is 7.82 Å². The zero-order chi connectivity index (χ0) is 38.5. The van der Waals surface area contributed by atoms with Crippen LogP contribution in [0.15, 0.2) is 0 Å². The van der Waals surface area contributed by atoms with E-state index in [2.05, 4.69) is 13.8 Å². The number of hydrogen-bond acceptors (Lipinski definition) is 11. The van der Waals surface area contributed by atoms with Crippen LogP contribution in [0, 0.1) is 0 Å². The Morgan fingerprint density at radius 3 is 1.33 bits per heavy atom. The Hall–Kier alpha value is -0.660. The molecule has 6 atom stereocenters. The molecule has 0 aromatic heterocycles. The molecule has 0 bridgehead atoms. The number of carbonyl (C=O) groups is 1. The molecule has 1 saturated carbocycles. The Morgan fingerprint density at radius 1 is 0.538 bits per heavy atom. The Kier molecular flexibility index (Phi) is 29.9. The van der Waals surface area contributed by atoms with Crippen molar-refractivity contribution in [2.45, 2.75) is 224 Å². The van der Waals surface area contributed by atoms with Gasteiger partial charge in [0, 0.05) is 13.0 Å². The van der Waals surface area contributed by atoms with Gasteiger partial charge >= 0.3 is 13.8 Å². The van der Waals surface area contributed by atoms with Crippen molar-refractivity contribution in [2.24, 2.45) is 0 Å². The molecule has 0 heterocycles. The maximum Gasteiger partial charge on any atom is 0.472 e. The number of carbonyl (C=O) groups excluding carboxylic acids is 1. The average Bonchev–Trinajstić information content (AvgIpc) is 3.12. The molecule has 0 radical (unpaired) electrons. The van der Waals surface area contributed by atoms with Gasteiger partial charge in [0.15, 0.2) is 0 Å². The van der Waals surface area contributed by atoms with Crippen LogP contribution < -0.4 is 0 Å². The molecule has 0 saturated heterocycles. The Morgan fingerprint density at radius 2 is 0.904 bits per heavy atom. The maximum absolute atomic E-state index is 12.7. The van der Waals surface area contributed by atoms with Crippen molar-refractivity contribution in [3.05, 3.63) is 0 Å². The first kappa shape index (κ1) is 49.4. The van der Waals surface area contributed by atoms with Gasteiger partial charge in [0.25, 0.3) is 0 Å². The van der Waals surface area contributed by atoms with E-state index in [1.807, 2.05) is 0 Å². The van der Waals surface area contributed by atoms with Gasteiger partial charge in [-0.15, -0.1) is 0 Å². The van der Waals surface area contributed by atoms with Gasteiger partial charge in [0.1, 0.15) is 42.7 Å². The summed E-state index contributed by atoms with van der Waals surface area (Å²) in [7, 11) is -5.00. The summed E-state index contributed by atoms with van der Waals surface area (Å²) in [6, 6.07) is 0. The highest BCUT2D eigenvalue weighted by Crippen LogP contribution is 2.47. The van der Waals surface area contributed by atoms with Crippen LogP contribution in [0.3, 0.4) is 0 Å². The lowest BCUT2D eigenvalue weighted by Gasteiger charge is -2.41. The van der Waals surface area contributed by atoms with E-state index in [1.165, 1.54) is 116 Å². The van der Waals surface area contributed by atoms with Crippen molar-refractivity contribution in [2.75, 3.05) is 19.8 Å². The molecule has 1 fully saturated rings. The summed E-state index contributed by atoms with van der Waals surface area (Å²) < 4.78 is 34.0. The lowest BCUT2D eigenvalue weighted by molar-refractivity contribution is -0.220. The van der Waals surface area contributed by atoms with Gasteiger partial charge in [0.05, 0.1) is 13.2 Å². The third-order valence-corrected chi connectivity index (χ3v) is 11.0. The molecule has 13 heteroatoms. The van der Waals surface area contributed by atoms with Gasteiger partial charge in [-0.3, -0.25) is 13.8 Å². The molecule has 6 unspecified atom stereocenters. The fourth-order valence-electron chi connectivity index (χ4n) is 6.59. The summed E-state index contributed by atoms with van der Waals surface area (Å²) >= 11 is 0. The molecular formula is C39H77O12P. The van der Waals surface area contributed by atoms with Crippen molar-refractivity contribution < 1.29 is 58.3 Å². The van der Waals surface area contributed by atoms with Gasteiger partial charge < -0.3 is 39.9 Å². The second kappa shape index (κ2) is 31.5. The smallest absolute Gasteiger partial charge is 0.457 e. The summed E-state index contributed by atoms with van der Waals surface area (Å²) in [6.45, 7) is 4.25. The zero-order valence-electron chi connectivity index (χ0n) is 32.6. The molecule has 0 aromatic carbocycles. The molecule has 1 aliphatic carbocycles. The van der Waals surface area contributed by atoms with Crippen LogP contribution in [0.1, 0.15) is 181 Å². The highest BCUT2D eigenvalue weighted by molar-refractivity contribution is 7.47. The van der Waals surface area contributed by atoms with E-state index in [9.17, 15) is 39.8 Å². The SMILES string of the molecule is CCCCCCCCCCCCCCCCCOCC(COP(=O)(O)OC1C(O)C(O)C(O)C(O)C1O)OC(=O)CCCCCCCCCCCC. The molecule has 0 aromatic rings. The number of hydrogen-bond donors (Lipinski definition) is 6. The Balaban J connectivity index is 2.42. The zero-order valence-corrected chi connectivity index (χ0v) is 33.5. The average molecular weight is 769 g/mol. The Labute approximate surface area is 315 Å². The summed E-state index contributed by atoms with van der Waals surface area (Å²) in [6.07, 6.45) is 17.6. The first-order valence-corrected chi connectivity index (χ1v) is 22.4. The fraction of sp³-hybridized carbons (Fsp3) is 0.974. The number of phosphoric acid groups is 1. The third-order valence-electron chi connectivity index (χ3n) is 9.98. The highest BCUT2D eigenvalue weighted by Gasteiger charge is 2.51. The van der Waals surface area contributed by atoms with Crippen LogP contribution in [-0.2, 0) is 27.9 Å². The van der Waals surface area contributed by atoms with Crippen molar-refractivity contribution in [3.8, 4) is 0 Å². The second-order valence-electron chi connectivity index (χ2n) is 14.9. The van der Waals surface area contributed by atoms with E-state index in [0.29, 0.717) is 13.0 Å². The summed E-state index contributed by atoms with van der Waals surface area (Å²) in [5.74, 6) is -0.476. The van der Waals surface area contributed by atoms with E-state index < -0.39 is 63.1 Å². The molecule has 1 aliphatic rings. The molecule has 0 spiro atoms. The van der Waals surface area contributed by atoms with Crippen molar-refractivity contribution in [1.82, 2.24) is 0 Å². The van der Waals surface area contributed by atoms with Crippen LogP contribution in [0.4, 0.5) is 0 Å². The topological polar surface area (TPSA) is 192 Å². The molecule has 12 nitrogen and oxygen atoms in total. The standard InChI is InChI=1S/C39H77O12P/c1-3-5-7-9-11-13-15-16-17-18-19-21-23-25-27-29-48-30-32(50-33(40)28-26-24-22-20-14-12-10-8-6-4-2)31-49-52(46,47)51-39-37(44)35(42)34(41)36(43)38(39)45/h32,34-39,41-45H,3-31H2,1-2H3,(H,46,47). The van der Waals surface area contributed by atoms with Gasteiger partial charge in [-0.1, -0.05) is 162 Å². The van der Waals surface area contributed by atoms with Gasteiger partial charge in [0.2, 0.25) is 0 Å². The second-order valence-corrected chi connectivity index (χ2v) is 16.3. The quantitative estimate of drug-likeness (QED) is 0.0213. The van der Waals surface area contributed by atoms with Crippen LogP contribution in [0.2, 0.25) is 0 Å². The van der Waals surface area contributed by atoms with E-state index in [1.54, 1.807) is 0 Å². The number of esters is 1. The molecule has 0 aliphatic heterocycles. The minimum absolute atomic E-state index is 0.0688. The molecule has 52 heavy (non-hydrogen) atoms. The first-order chi connectivity index (χ1) is 25.0. The molecule has 0 amide bonds. The van der Waals surface area contributed by atoms with Crippen molar-refractivity contribution >= 4 is 13.8 Å². The predicted octanol–water partition coefficient (Wildman–Crippen LogP) is 7.42. The number of aliphatic hydroxyl groups excluding tert-OH is 5. The molecular weight excluding hydrogens is 691 g/mol. The summed E-state index contributed by atoms with van der Waals surface area (Å²) in [5.41, 5.74) is 0. The van der Waals surface area contributed by atoms with Crippen LogP contribution in [-0.4, -0.2) is 98.9 Å². The normalized spacial score (nSPS) is 23.8. The van der Waals surface area contributed by atoms with Crippen molar-refractivity contribution in [1.29, 1.82) is 0 Å². The summed E-state index contributed by atoms with van der Waals surface area (Å²) in [4.78, 5) is 23.0. The van der Waals surface area contributed by atoms with E-state index >= 15 is 0 Å². The monoisotopic (exact) mass is 769 g/mol. The van der Waals surface area contributed by atoms with Gasteiger partial charge in [-0.2, -0.15) is 0 Å². The van der Waals surface area contributed by atoms with Gasteiger partial charge in [-0.05, 0) is 12.8 Å². The number of ether oxygens (including phenoxy) is 2. The minimum Gasteiger partial charge on any atom is -0.457 e. The molecule has 6 N–H and O–H groups in total. The molecule has 1 rings (SSSR count). The summed E-state index contributed by atoms with van der Waals surface area (Å²) in [5, 5.41) is 50.0. The molecule has 310 valence electrons. The lowest BCUT2D eigenvalue weighted by atomic mass is 9.85. The minimum atomic E-state index is -5.00. The predicted molar refractivity (Wildman–Crippen MR) is 203 cm³/mol.